The number of benzene rings is 1. The van der Waals surface area contributed by atoms with Gasteiger partial charge in [-0.1, -0.05) is 12.1 Å². The molecule has 1 aliphatic rings. The minimum Gasteiger partial charge on any atom is -0.493 e. The molecule has 1 N–H and O–H groups in total. The molecule has 10 heteroatoms. The van der Waals surface area contributed by atoms with E-state index < -0.39 is 36.2 Å². The van der Waals surface area contributed by atoms with E-state index in [1.54, 1.807) is 18.2 Å². The molecule has 1 aromatic rings. The normalized spacial score (nSPS) is 15.3. The first kappa shape index (κ1) is 19.3. The first-order valence-electron chi connectivity index (χ1n) is 7.21. The van der Waals surface area contributed by atoms with Crippen LogP contribution in [0.3, 0.4) is 0 Å². The Hall–Kier alpha value is -3.01. The zero-order chi connectivity index (χ0) is 19.3. The van der Waals surface area contributed by atoms with Gasteiger partial charge < -0.3 is 19.3 Å². The topological polar surface area (TPSA) is 119 Å². The smallest absolute Gasteiger partial charge is 0.341 e. The van der Waals surface area contributed by atoms with Crippen LogP contribution in [-0.4, -0.2) is 60.5 Å². The van der Waals surface area contributed by atoms with Crippen molar-refractivity contribution < 1.29 is 38.5 Å². The van der Waals surface area contributed by atoms with E-state index in [9.17, 15) is 19.2 Å². The highest BCUT2D eigenvalue weighted by atomic mass is 32.2. The molecule has 0 saturated carbocycles. The molecule has 0 atom stereocenters. The molecule has 0 unspecified atom stereocenters. The van der Waals surface area contributed by atoms with Gasteiger partial charge in [0.2, 0.25) is 0 Å². The van der Waals surface area contributed by atoms with Crippen LogP contribution in [0.25, 0.3) is 6.08 Å². The first-order valence-corrected chi connectivity index (χ1v) is 8.02. The van der Waals surface area contributed by atoms with Gasteiger partial charge in [0.05, 0.1) is 19.1 Å². The molecule has 9 nitrogen and oxygen atoms in total. The average Bonchev–Trinajstić information content (AvgIpc) is 2.87. The number of hydrogen-bond acceptors (Lipinski definition) is 8. The Kier molecular flexibility index (Phi) is 6.23. The monoisotopic (exact) mass is 381 g/mol. The van der Waals surface area contributed by atoms with E-state index in [1.165, 1.54) is 13.2 Å². The lowest BCUT2D eigenvalue weighted by atomic mass is 10.1. The van der Waals surface area contributed by atoms with Gasteiger partial charge in [-0.15, -0.1) is 0 Å². The number of carbonyl (C=O) groups is 4. The van der Waals surface area contributed by atoms with Crippen LogP contribution in [0.4, 0.5) is 4.79 Å². The number of ether oxygens (including phenoxy) is 3. The van der Waals surface area contributed by atoms with Crippen molar-refractivity contribution in [3.63, 3.8) is 0 Å². The summed E-state index contributed by atoms with van der Waals surface area (Å²) < 4.78 is 14.8. The van der Waals surface area contributed by atoms with Crippen LogP contribution in [-0.2, 0) is 19.1 Å². The van der Waals surface area contributed by atoms with Gasteiger partial charge in [-0.25, -0.2) is 4.79 Å². The van der Waals surface area contributed by atoms with Crippen molar-refractivity contribution in [2.45, 2.75) is 0 Å². The predicted octanol–water partition coefficient (Wildman–Crippen LogP) is 1.37. The minimum absolute atomic E-state index is 0.0623. The molecule has 2 amide bonds. The Morgan fingerprint density at radius 2 is 2.00 bits per heavy atom. The number of carboxylic acids is 1. The molecule has 1 heterocycles. The van der Waals surface area contributed by atoms with Gasteiger partial charge in [0.25, 0.3) is 11.1 Å². The highest BCUT2D eigenvalue weighted by Crippen LogP contribution is 2.37. The Morgan fingerprint density at radius 3 is 2.62 bits per heavy atom. The summed E-state index contributed by atoms with van der Waals surface area (Å²) in [4.78, 5) is 47.2. The largest absolute Gasteiger partial charge is 0.493 e. The second kappa shape index (κ2) is 8.39. The molecule has 26 heavy (non-hydrogen) atoms. The number of carboxylic acid groups (broad SMARTS) is 1. The summed E-state index contributed by atoms with van der Waals surface area (Å²) >= 11 is 0.654. The number of thioether (sulfide) groups is 1. The Morgan fingerprint density at radius 1 is 1.27 bits per heavy atom. The first-order chi connectivity index (χ1) is 12.4. The van der Waals surface area contributed by atoms with E-state index in [0.717, 1.165) is 12.0 Å². The second-order valence-electron chi connectivity index (χ2n) is 4.91. The molecular weight excluding hydrogens is 366 g/mol. The molecule has 0 aromatic heterocycles. The predicted molar refractivity (Wildman–Crippen MR) is 90.8 cm³/mol. The Balaban J connectivity index is 2.34. The number of nitrogens with zero attached hydrogens (tertiary/aromatic N) is 1. The van der Waals surface area contributed by atoms with Crippen LogP contribution in [0.2, 0.25) is 0 Å². The fourth-order valence-electron chi connectivity index (χ4n) is 2.07. The third-order valence-electron chi connectivity index (χ3n) is 3.24. The molecule has 1 fully saturated rings. The molecule has 1 saturated heterocycles. The van der Waals surface area contributed by atoms with E-state index in [0.29, 0.717) is 17.3 Å². The lowest BCUT2D eigenvalue weighted by molar-refractivity contribution is -0.143. The number of aliphatic carboxylic acids is 1. The Labute approximate surface area is 152 Å². The van der Waals surface area contributed by atoms with Gasteiger partial charge in [-0.05, 0) is 23.9 Å². The number of amides is 2. The fraction of sp³-hybridized carbons (Fsp3) is 0.250. The number of para-hydroxylation sites is 1. The lowest BCUT2D eigenvalue weighted by Crippen LogP contribution is -2.34. The molecular formula is C16H15NO8S. The van der Waals surface area contributed by atoms with E-state index in [4.69, 9.17) is 14.6 Å². The van der Waals surface area contributed by atoms with Crippen molar-refractivity contribution in [1.29, 1.82) is 0 Å². The maximum Gasteiger partial charge on any atom is 0.341 e. The van der Waals surface area contributed by atoms with Gasteiger partial charge >= 0.3 is 11.9 Å². The summed E-state index contributed by atoms with van der Waals surface area (Å²) in [6, 6.07) is 4.77. The van der Waals surface area contributed by atoms with E-state index in [1.807, 2.05) is 0 Å². The number of imide groups is 1. The summed E-state index contributed by atoms with van der Waals surface area (Å²) in [5, 5.41) is 8.19. The van der Waals surface area contributed by atoms with Gasteiger partial charge in [0.15, 0.2) is 18.1 Å². The molecule has 0 radical (unpaired) electrons. The highest BCUT2D eigenvalue weighted by molar-refractivity contribution is 8.18. The summed E-state index contributed by atoms with van der Waals surface area (Å²) in [6.07, 6.45) is 1.38. The van der Waals surface area contributed by atoms with Crippen molar-refractivity contribution in [3.05, 3.63) is 28.7 Å². The Bertz CT molecular complexity index is 788. The van der Waals surface area contributed by atoms with E-state index >= 15 is 0 Å². The van der Waals surface area contributed by atoms with E-state index in [-0.39, 0.29) is 16.4 Å². The van der Waals surface area contributed by atoms with Gasteiger partial charge in [-0.3, -0.25) is 19.3 Å². The van der Waals surface area contributed by atoms with Crippen LogP contribution < -0.4 is 9.47 Å². The molecule has 0 spiro atoms. The van der Waals surface area contributed by atoms with Crippen LogP contribution in [0, 0.1) is 0 Å². The number of carbonyl (C=O) groups excluding carboxylic acids is 3. The maximum absolute atomic E-state index is 12.3. The molecule has 0 aliphatic carbocycles. The number of hydrogen-bond donors (Lipinski definition) is 1. The van der Waals surface area contributed by atoms with Crippen LogP contribution in [0.5, 0.6) is 11.5 Å². The lowest BCUT2D eigenvalue weighted by Gasteiger charge is -2.12. The number of esters is 1. The standard InChI is InChI=1S/C16H15NO8S/c1-23-10-5-3-4-9(14(10)25-8-12(18)19)6-11-15(21)17(16(22)26-11)7-13(20)24-2/h3-6H,7-8H2,1-2H3,(H,18,19)/b11-6+. The fourth-order valence-corrected chi connectivity index (χ4v) is 2.90. The third-order valence-corrected chi connectivity index (χ3v) is 4.15. The van der Waals surface area contributed by atoms with Crippen LogP contribution in [0.1, 0.15) is 5.56 Å². The zero-order valence-corrected chi connectivity index (χ0v) is 14.7. The summed E-state index contributed by atoms with van der Waals surface area (Å²) in [6.45, 7) is -1.09. The maximum atomic E-state index is 12.3. The van der Waals surface area contributed by atoms with Gasteiger partial charge in [0, 0.05) is 5.56 Å². The van der Waals surface area contributed by atoms with Crippen molar-refractivity contribution in [2.75, 3.05) is 27.4 Å². The van der Waals surface area contributed by atoms with E-state index in [2.05, 4.69) is 4.74 Å². The molecule has 1 aliphatic heterocycles. The summed E-state index contributed by atoms with van der Waals surface area (Å²) in [7, 11) is 2.54. The zero-order valence-electron chi connectivity index (χ0n) is 13.9. The van der Waals surface area contributed by atoms with Crippen LogP contribution >= 0.6 is 11.8 Å². The minimum atomic E-state index is -1.18. The third kappa shape index (κ3) is 4.33. The second-order valence-corrected chi connectivity index (χ2v) is 5.90. The quantitative estimate of drug-likeness (QED) is 0.551. The van der Waals surface area contributed by atoms with Crippen LogP contribution in [0.15, 0.2) is 23.1 Å². The van der Waals surface area contributed by atoms with Crippen molar-refractivity contribution in [3.8, 4) is 11.5 Å². The average molecular weight is 381 g/mol. The summed E-state index contributed by atoms with van der Waals surface area (Å²) in [5.74, 6) is -2.16. The molecule has 0 bridgehead atoms. The van der Waals surface area contributed by atoms with Gasteiger partial charge in [0.1, 0.15) is 6.54 Å². The SMILES string of the molecule is COC(=O)CN1C(=O)S/C(=C/c2cccc(OC)c2OCC(=O)O)C1=O. The van der Waals surface area contributed by atoms with Gasteiger partial charge in [-0.2, -0.15) is 0 Å². The molecule has 1 aromatic carbocycles. The van der Waals surface area contributed by atoms with Crippen molar-refractivity contribution >= 4 is 40.9 Å². The van der Waals surface area contributed by atoms with Crippen molar-refractivity contribution in [1.82, 2.24) is 4.90 Å². The highest BCUT2D eigenvalue weighted by Gasteiger charge is 2.36. The summed E-state index contributed by atoms with van der Waals surface area (Å²) in [5.41, 5.74) is 0.356. The number of methoxy groups -OCH3 is 2. The number of rotatable bonds is 7. The van der Waals surface area contributed by atoms with Crippen molar-refractivity contribution in [2.24, 2.45) is 0 Å². The molecule has 2 rings (SSSR count). The molecule has 138 valence electrons.